The predicted molar refractivity (Wildman–Crippen MR) is 99.9 cm³/mol. The van der Waals surface area contributed by atoms with Gasteiger partial charge in [-0.25, -0.2) is 12.8 Å². The number of anilines is 1. The quantitative estimate of drug-likeness (QED) is 0.877. The third-order valence-electron chi connectivity index (χ3n) is 5.76. The van der Waals surface area contributed by atoms with E-state index in [0.717, 1.165) is 36.8 Å². The van der Waals surface area contributed by atoms with E-state index < -0.39 is 15.7 Å². The van der Waals surface area contributed by atoms with Gasteiger partial charge in [-0.15, -0.1) is 0 Å². The minimum absolute atomic E-state index is 0.00377. The molecule has 6 heteroatoms. The van der Waals surface area contributed by atoms with Crippen molar-refractivity contribution in [3.05, 3.63) is 53.8 Å². The smallest absolute Gasteiger partial charge is 0.206 e. The van der Waals surface area contributed by atoms with Crippen LogP contribution in [-0.2, 0) is 9.84 Å². The van der Waals surface area contributed by atoms with Crippen molar-refractivity contribution in [2.75, 3.05) is 25.0 Å². The lowest BCUT2D eigenvalue weighted by atomic mass is 9.84. The van der Waals surface area contributed by atoms with E-state index in [4.69, 9.17) is 0 Å². The van der Waals surface area contributed by atoms with E-state index in [1.165, 1.54) is 18.2 Å². The maximum absolute atomic E-state index is 13.5. The van der Waals surface area contributed by atoms with Crippen LogP contribution in [0.25, 0.3) is 0 Å². The molecule has 0 saturated carbocycles. The van der Waals surface area contributed by atoms with E-state index in [1.807, 2.05) is 6.07 Å². The Labute approximate surface area is 153 Å². The second-order valence-corrected chi connectivity index (χ2v) is 9.31. The number of nitrogens with one attached hydrogen (secondary N) is 1. The molecule has 26 heavy (non-hydrogen) atoms. The van der Waals surface area contributed by atoms with Crippen molar-refractivity contribution in [1.82, 2.24) is 5.32 Å². The molecule has 1 unspecified atom stereocenters. The Kier molecular flexibility index (Phi) is 4.28. The molecule has 1 saturated heterocycles. The highest BCUT2D eigenvalue weighted by Crippen LogP contribution is 2.46. The van der Waals surface area contributed by atoms with Crippen LogP contribution in [0.3, 0.4) is 0 Å². The van der Waals surface area contributed by atoms with E-state index in [0.29, 0.717) is 17.9 Å². The number of hydrogen-bond donors (Lipinski definition) is 1. The lowest BCUT2D eigenvalue weighted by Crippen LogP contribution is -2.32. The van der Waals surface area contributed by atoms with Crippen LogP contribution < -0.4 is 10.2 Å². The highest BCUT2D eigenvalue weighted by atomic mass is 32.2. The summed E-state index contributed by atoms with van der Waals surface area (Å²) < 4.78 is 39.5. The fourth-order valence-electron chi connectivity index (χ4n) is 4.45. The van der Waals surface area contributed by atoms with E-state index in [9.17, 15) is 12.8 Å². The van der Waals surface area contributed by atoms with E-state index in [2.05, 4.69) is 24.2 Å². The Morgan fingerprint density at radius 1 is 1.15 bits per heavy atom. The molecule has 3 atom stereocenters. The summed E-state index contributed by atoms with van der Waals surface area (Å²) in [5, 5.41) is 3.47. The number of hydrogen-bond acceptors (Lipinski definition) is 4. The van der Waals surface area contributed by atoms with Crippen LogP contribution >= 0.6 is 0 Å². The second kappa shape index (κ2) is 6.35. The van der Waals surface area contributed by atoms with Gasteiger partial charge in [0.2, 0.25) is 9.84 Å². The number of fused-ring (bicyclic) bond motifs is 3. The summed E-state index contributed by atoms with van der Waals surface area (Å²) in [5.41, 5.74) is 2.19. The van der Waals surface area contributed by atoms with E-state index in [1.54, 1.807) is 12.1 Å². The first kappa shape index (κ1) is 17.5. The van der Waals surface area contributed by atoms with Crippen LogP contribution in [0.15, 0.2) is 52.3 Å². The van der Waals surface area contributed by atoms with E-state index in [-0.39, 0.29) is 9.79 Å². The fourth-order valence-corrected chi connectivity index (χ4v) is 5.78. The highest BCUT2D eigenvalue weighted by molar-refractivity contribution is 7.91. The Balaban J connectivity index is 1.81. The van der Waals surface area contributed by atoms with Crippen molar-refractivity contribution in [1.29, 1.82) is 0 Å². The zero-order chi connectivity index (χ0) is 18.5. The summed E-state index contributed by atoms with van der Waals surface area (Å²) in [7, 11) is -1.65. The van der Waals surface area contributed by atoms with Gasteiger partial charge < -0.3 is 10.2 Å². The molecular weight excluding hydrogens is 351 g/mol. The van der Waals surface area contributed by atoms with Crippen LogP contribution in [-0.4, -0.2) is 34.6 Å². The number of benzene rings is 2. The summed E-state index contributed by atoms with van der Waals surface area (Å²) in [6.45, 7) is 4.11. The van der Waals surface area contributed by atoms with Gasteiger partial charge >= 0.3 is 0 Å². The summed E-state index contributed by atoms with van der Waals surface area (Å²) in [6, 6.07) is 10.9. The standard InChI is InChI=1S/C20H23FN2O2S/c1-13-12-22-9-8-19-20(13)17-11-16(6-7-18(17)23(19)2)26(24,25)15-5-3-4-14(21)10-15/h3-7,10-11,13,19-20,22H,8-9,12H2,1-2H3/t13?,19-,20+/m0/s1. The van der Waals surface area contributed by atoms with Crippen LogP contribution in [0.5, 0.6) is 0 Å². The SMILES string of the molecule is CC1CNCC[C@H]2[C@H]1c1cc(S(=O)(=O)c3cccc(F)c3)ccc1N2C. The average molecular weight is 374 g/mol. The minimum atomic E-state index is -3.74. The topological polar surface area (TPSA) is 49.4 Å². The van der Waals surface area contributed by atoms with Crippen molar-refractivity contribution in [3.63, 3.8) is 0 Å². The molecule has 4 rings (SSSR count). The molecular formula is C20H23FN2O2S. The fraction of sp³-hybridized carbons (Fsp3) is 0.400. The Hall–Kier alpha value is -1.92. The molecule has 2 aromatic carbocycles. The number of nitrogens with zero attached hydrogens (tertiary/aromatic N) is 1. The summed E-state index contributed by atoms with van der Waals surface area (Å²) in [6.07, 6.45) is 1.03. The molecule has 138 valence electrons. The average Bonchev–Trinajstić information content (AvgIpc) is 2.76. The molecule has 4 nitrogen and oxygen atoms in total. The van der Waals surface area contributed by atoms with Gasteiger partial charge in [-0.3, -0.25) is 0 Å². The largest absolute Gasteiger partial charge is 0.371 e. The maximum atomic E-state index is 13.5. The van der Waals surface area contributed by atoms with Gasteiger partial charge in [-0.1, -0.05) is 13.0 Å². The summed E-state index contributed by atoms with van der Waals surface area (Å²) in [5.74, 6) is 0.168. The molecule has 0 amide bonds. The minimum Gasteiger partial charge on any atom is -0.371 e. The van der Waals surface area contributed by atoms with Crippen molar-refractivity contribution >= 4 is 15.5 Å². The predicted octanol–water partition coefficient (Wildman–Crippen LogP) is 3.19. The Bertz CT molecular complexity index is 945. The molecule has 0 aliphatic carbocycles. The third kappa shape index (κ3) is 2.72. The van der Waals surface area contributed by atoms with Gasteiger partial charge in [-0.05, 0) is 67.4 Å². The van der Waals surface area contributed by atoms with E-state index >= 15 is 0 Å². The number of rotatable bonds is 2. The lowest BCUT2D eigenvalue weighted by molar-refractivity contribution is 0.424. The zero-order valence-corrected chi connectivity index (χ0v) is 15.8. The molecule has 1 N–H and O–H groups in total. The molecule has 0 bridgehead atoms. The van der Waals surface area contributed by atoms with Crippen LogP contribution in [0.2, 0.25) is 0 Å². The Morgan fingerprint density at radius 2 is 1.92 bits per heavy atom. The van der Waals surface area contributed by atoms with Crippen LogP contribution in [0.4, 0.5) is 10.1 Å². The molecule has 0 aromatic heterocycles. The second-order valence-electron chi connectivity index (χ2n) is 7.36. The van der Waals surface area contributed by atoms with Gasteiger partial charge in [-0.2, -0.15) is 0 Å². The number of halogens is 1. The number of sulfone groups is 1. The van der Waals surface area contributed by atoms with Crippen molar-refractivity contribution < 1.29 is 12.8 Å². The van der Waals surface area contributed by atoms with Crippen molar-refractivity contribution in [3.8, 4) is 0 Å². The molecule has 0 radical (unpaired) electrons. The van der Waals surface area contributed by atoms with Crippen molar-refractivity contribution in [2.24, 2.45) is 5.92 Å². The zero-order valence-electron chi connectivity index (χ0n) is 14.9. The van der Waals surface area contributed by atoms with Crippen molar-refractivity contribution in [2.45, 2.75) is 35.1 Å². The monoisotopic (exact) mass is 374 g/mol. The summed E-state index contributed by atoms with van der Waals surface area (Å²) in [4.78, 5) is 2.51. The van der Waals surface area contributed by atoms with Gasteiger partial charge in [0.15, 0.2) is 0 Å². The van der Waals surface area contributed by atoms with Gasteiger partial charge in [0, 0.05) is 24.7 Å². The summed E-state index contributed by atoms with van der Waals surface area (Å²) >= 11 is 0. The first-order chi connectivity index (χ1) is 12.4. The molecule has 1 fully saturated rings. The van der Waals surface area contributed by atoms with Crippen LogP contribution in [0, 0.1) is 11.7 Å². The van der Waals surface area contributed by atoms with Crippen LogP contribution in [0.1, 0.15) is 24.8 Å². The Morgan fingerprint density at radius 3 is 2.69 bits per heavy atom. The van der Waals surface area contributed by atoms with Gasteiger partial charge in [0.1, 0.15) is 5.82 Å². The molecule has 2 aliphatic rings. The first-order valence-electron chi connectivity index (χ1n) is 8.98. The first-order valence-corrected chi connectivity index (χ1v) is 10.5. The maximum Gasteiger partial charge on any atom is 0.206 e. The normalized spacial score (nSPS) is 25.5. The van der Waals surface area contributed by atoms with Gasteiger partial charge in [0.05, 0.1) is 9.79 Å². The third-order valence-corrected chi connectivity index (χ3v) is 7.51. The lowest BCUT2D eigenvalue weighted by Gasteiger charge is -2.27. The molecule has 2 heterocycles. The number of likely N-dealkylation sites (N-methyl/N-ethyl adjacent to an activating group) is 1. The molecule has 2 aliphatic heterocycles. The molecule has 0 spiro atoms. The van der Waals surface area contributed by atoms with Gasteiger partial charge in [0.25, 0.3) is 0 Å². The molecule has 2 aromatic rings. The highest BCUT2D eigenvalue weighted by Gasteiger charge is 2.41.